The van der Waals surface area contributed by atoms with Crippen LogP contribution in [0.1, 0.15) is 22.5 Å². The monoisotopic (exact) mass is 372 g/mol. The van der Waals surface area contributed by atoms with Gasteiger partial charge in [0.05, 0.1) is 30.3 Å². The number of rotatable bonds is 6. The highest BCUT2D eigenvalue weighted by Crippen LogP contribution is 2.34. The molecule has 1 fully saturated rings. The molecule has 26 heavy (non-hydrogen) atoms. The maximum Gasteiger partial charge on any atom is 0.253 e. The first kappa shape index (κ1) is 17.6. The standard InChI is InChI=1S/C19H24N4O2S/c24-19(21-5-2-6-22-7-9-25-10-8-22)16-11-17(15-3-1-4-20-12-15)23-14-26-13-18(16)23/h1,3-4,11-12H,2,5-10,13-14H2,(H,21,24). The molecule has 0 saturated carbocycles. The van der Waals surface area contributed by atoms with E-state index in [1.807, 2.05) is 36.2 Å². The van der Waals surface area contributed by atoms with Crippen LogP contribution in [0, 0.1) is 0 Å². The summed E-state index contributed by atoms with van der Waals surface area (Å²) in [6, 6.07) is 5.99. The highest BCUT2D eigenvalue weighted by molar-refractivity contribution is 7.97. The van der Waals surface area contributed by atoms with Crippen LogP contribution in [0.4, 0.5) is 0 Å². The molecule has 4 heterocycles. The molecule has 1 saturated heterocycles. The van der Waals surface area contributed by atoms with Gasteiger partial charge in [0.25, 0.3) is 5.91 Å². The van der Waals surface area contributed by atoms with Crippen molar-refractivity contribution in [2.24, 2.45) is 0 Å². The van der Waals surface area contributed by atoms with Crippen molar-refractivity contribution in [3.63, 3.8) is 0 Å². The molecule has 2 aromatic rings. The van der Waals surface area contributed by atoms with Gasteiger partial charge in [-0.2, -0.15) is 0 Å². The Labute approximate surface area is 157 Å². The first-order valence-corrected chi connectivity index (χ1v) is 10.3. The lowest BCUT2D eigenvalue weighted by molar-refractivity contribution is 0.0374. The molecule has 0 radical (unpaired) electrons. The van der Waals surface area contributed by atoms with E-state index in [-0.39, 0.29) is 5.91 Å². The van der Waals surface area contributed by atoms with Crippen molar-refractivity contribution < 1.29 is 9.53 Å². The number of hydrogen-bond acceptors (Lipinski definition) is 5. The third-order valence-electron chi connectivity index (χ3n) is 4.91. The van der Waals surface area contributed by atoms with Crippen molar-refractivity contribution in [1.82, 2.24) is 19.8 Å². The maximum absolute atomic E-state index is 12.7. The van der Waals surface area contributed by atoms with Crippen molar-refractivity contribution >= 4 is 17.7 Å². The topological polar surface area (TPSA) is 59.4 Å². The number of morpholine rings is 1. The van der Waals surface area contributed by atoms with Crippen molar-refractivity contribution in [3.8, 4) is 11.3 Å². The predicted molar refractivity (Wildman–Crippen MR) is 103 cm³/mol. The van der Waals surface area contributed by atoms with Gasteiger partial charge in [-0.15, -0.1) is 11.8 Å². The van der Waals surface area contributed by atoms with E-state index in [4.69, 9.17) is 4.74 Å². The summed E-state index contributed by atoms with van der Waals surface area (Å²) < 4.78 is 7.60. The zero-order chi connectivity index (χ0) is 17.8. The lowest BCUT2D eigenvalue weighted by atomic mass is 10.2. The van der Waals surface area contributed by atoms with E-state index >= 15 is 0 Å². The molecule has 2 aromatic heterocycles. The number of aromatic nitrogens is 2. The first-order valence-electron chi connectivity index (χ1n) is 9.12. The summed E-state index contributed by atoms with van der Waals surface area (Å²) in [7, 11) is 0. The van der Waals surface area contributed by atoms with E-state index in [1.54, 1.807) is 6.20 Å². The van der Waals surface area contributed by atoms with Gasteiger partial charge in [-0.1, -0.05) is 0 Å². The van der Waals surface area contributed by atoms with Crippen molar-refractivity contribution in [2.75, 3.05) is 39.4 Å². The lowest BCUT2D eigenvalue weighted by Crippen LogP contribution is -2.38. The molecule has 1 N–H and O–H groups in total. The molecule has 6 nitrogen and oxygen atoms in total. The molecule has 138 valence electrons. The summed E-state index contributed by atoms with van der Waals surface area (Å²) in [5.74, 6) is 1.81. The quantitative estimate of drug-likeness (QED) is 0.788. The van der Waals surface area contributed by atoms with Crippen LogP contribution < -0.4 is 5.32 Å². The Morgan fingerprint density at radius 1 is 1.35 bits per heavy atom. The molecule has 0 unspecified atom stereocenters. The minimum Gasteiger partial charge on any atom is -0.379 e. The van der Waals surface area contributed by atoms with Crippen LogP contribution in [0.2, 0.25) is 0 Å². The fourth-order valence-electron chi connectivity index (χ4n) is 3.50. The Hall–Kier alpha value is -1.83. The van der Waals surface area contributed by atoms with Gasteiger partial charge in [-0.3, -0.25) is 14.7 Å². The van der Waals surface area contributed by atoms with Crippen LogP contribution in [0.3, 0.4) is 0 Å². The number of amides is 1. The molecule has 0 atom stereocenters. The molecule has 2 aliphatic heterocycles. The summed E-state index contributed by atoms with van der Waals surface area (Å²) in [6.07, 6.45) is 4.59. The van der Waals surface area contributed by atoms with Crippen LogP contribution in [-0.2, 0) is 16.4 Å². The smallest absolute Gasteiger partial charge is 0.253 e. The van der Waals surface area contributed by atoms with Gasteiger partial charge in [0.1, 0.15) is 0 Å². The molecule has 1 amide bonds. The minimum absolute atomic E-state index is 0.0355. The van der Waals surface area contributed by atoms with Crippen molar-refractivity contribution in [1.29, 1.82) is 0 Å². The maximum atomic E-state index is 12.7. The van der Waals surface area contributed by atoms with Gasteiger partial charge in [-0.05, 0) is 31.2 Å². The number of pyridine rings is 1. The number of nitrogens with zero attached hydrogens (tertiary/aromatic N) is 3. The second-order valence-corrected chi connectivity index (χ2v) is 7.56. The number of carbonyl (C=O) groups excluding carboxylic acids is 1. The van der Waals surface area contributed by atoms with E-state index in [0.29, 0.717) is 6.54 Å². The molecule has 0 aromatic carbocycles. The Bertz CT molecular complexity index is 756. The summed E-state index contributed by atoms with van der Waals surface area (Å²) in [5.41, 5.74) is 4.07. The Balaban J connectivity index is 1.39. The van der Waals surface area contributed by atoms with Gasteiger partial charge < -0.3 is 14.6 Å². The largest absolute Gasteiger partial charge is 0.379 e. The Morgan fingerprint density at radius 2 is 2.23 bits per heavy atom. The molecule has 0 aliphatic carbocycles. The van der Waals surface area contributed by atoms with Crippen LogP contribution >= 0.6 is 11.8 Å². The Morgan fingerprint density at radius 3 is 3.04 bits per heavy atom. The zero-order valence-electron chi connectivity index (χ0n) is 14.8. The number of fused-ring (bicyclic) bond motifs is 1. The van der Waals surface area contributed by atoms with E-state index < -0.39 is 0 Å². The van der Waals surface area contributed by atoms with Crippen LogP contribution in [-0.4, -0.2) is 59.8 Å². The number of hydrogen-bond donors (Lipinski definition) is 1. The average Bonchev–Trinajstić information content (AvgIpc) is 3.29. The molecule has 0 spiro atoms. The molecule has 4 rings (SSSR count). The van der Waals surface area contributed by atoms with E-state index in [9.17, 15) is 4.79 Å². The third kappa shape index (κ3) is 3.79. The zero-order valence-corrected chi connectivity index (χ0v) is 15.6. The number of ether oxygens (including phenoxy) is 1. The molecular weight excluding hydrogens is 348 g/mol. The van der Waals surface area contributed by atoms with Crippen LogP contribution in [0.5, 0.6) is 0 Å². The fraction of sp³-hybridized carbons (Fsp3) is 0.474. The van der Waals surface area contributed by atoms with Gasteiger partial charge in [0.15, 0.2) is 0 Å². The van der Waals surface area contributed by atoms with Crippen molar-refractivity contribution in [2.45, 2.75) is 18.1 Å². The molecule has 7 heteroatoms. The number of thioether (sulfide) groups is 1. The highest BCUT2D eigenvalue weighted by Gasteiger charge is 2.24. The number of nitrogens with one attached hydrogen (secondary N) is 1. The fourth-order valence-corrected chi connectivity index (χ4v) is 4.57. The van der Waals surface area contributed by atoms with Crippen LogP contribution in [0.15, 0.2) is 30.6 Å². The molecule has 2 aliphatic rings. The lowest BCUT2D eigenvalue weighted by Gasteiger charge is -2.26. The average molecular weight is 372 g/mol. The van der Waals surface area contributed by atoms with Crippen LogP contribution in [0.25, 0.3) is 11.3 Å². The predicted octanol–water partition coefficient (Wildman–Crippen LogP) is 2.21. The second-order valence-electron chi connectivity index (χ2n) is 6.60. The third-order valence-corrected chi connectivity index (χ3v) is 5.83. The number of carbonyl (C=O) groups is 1. The van der Waals surface area contributed by atoms with E-state index in [1.165, 1.54) is 0 Å². The van der Waals surface area contributed by atoms with Crippen molar-refractivity contribution in [3.05, 3.63) is 41.9 Å². The van der Waals surface area contributed by atoms with Gasteiger partial charge >= 0.3 is 0 Å². The van der Waals surface area contributed by atoms with E-state index in [2.05, 4.69) is 19.8 Å². The van der Waals surface area contributed by atoms with Gasteiger partial charge in [0.2, 0.25) is 0 Å². The summed E-state index contributed by atoms with van der Waals surface area (Å²) in [4.78, 5) is 19.3. The van der Waals surface area contributed by atoms with E-state index in [0.717, 1.165) is 73.4 Å². The summed E-state index contributed by atoms with van der Waals surface area (Å²) >= 11 is 1.84. The summed E-state index contributed by atoms with van der Waals surface area (Å²) in [5, 5.41) is 3.10. The van der Waals surface area contributed by atoms with Gasteiger partial charge in [-0.25, -0.2) is 0 Å². The second kappa shape index (κ2) is 8.24. The first-order chi connectivity index (χ1) is 12.8. The normalized spacial score (nSPS) is 17.2. The highest BCUT2D eigenvalue weighted by atomic mass is 32.2. The summed E-state index contributed by atoms with van der Waals surface area (Å²) in [6.45, 7) is 5.33. The molecular formula is C19H24N4O2S. The SMILES string of the molecule is O=C(NCCCN1CCOCC1)c1cc(-c2cccnc2)n2c1CSC2. The minimum atomic E-state index is 0.0355. The molecule has 0 bridgehead atoms. The van der Waals surface area contributed by atoms with Gasteiger partial charge in [0, 0.05) is 49.0 Å². The Kier molecular flexibility index (Phi) is 5.57.